The summed E-state index contributed by atoms with van der Waals surface area (Å²) in [5.41, 5.74) is 18.1. The van der Waals surface area contributed by atoms with Crippen molar-refractivity contribution in [2.75, 3.05) is 81.6 Å². The molecule has 504 valence electrons. The molecule has 0 bridgehead atoms. The summed E-state index contributed by atoms with van der Waals surface area (Å²) in [6.45, 7) is 15.0. The van der Waals surface area contributed by atoms with E-state index in [1.807, 2.05) is 55.4 Å². The summed E-state index contributed by atoms with van der Waals surface area (Å²) in [6.07, 6.45) is -8.53. The number of carbonyl (C=O) groups is 3. The number of hydrogen-bond donors (Lipinski definition) is 3. The molecule has 6 aliphatic heterocycles. The second-order valence-electron chi connectivity index (χ2n) is 26.5. The number of nitrogens with two attached hydrogens (primary N) is 3. The van der Waals surface area contributed by atoms with Gasteiger partial charge in [0.25, 0.3) is 0 Å². The van der Waals surface area contributed by atoms with Crippen LogP contribution in [0.25, 0.3) is 0 Å². The fourth-order valence-corrected chi connectivity index (χ4v) is 12.2. The van der Waals surface area contributed by atoms with Crippen LogP contribution < -0.4 is 45.6 Å². The summed E-state index contributed by atoms with van der Waals surface area (Å²) in [7, 11) is -0.281. The van der Waals surface area contributed by atoms with Crippen molar-refractivity contribution in [3.8, 4) is 34.5 Å². The molecule has 0 aliphatic carbocycles. The van der Waals surface area contributed by atoms with Crippen molar-refractivity contribution < 1.29 is 85.8 Å². The average Bonchev–Trinajstić information content (AvgIpc) is 0.702. The predicted octanol–water partition coefficient (Wildman–Crippen LogP) is 10.7. The minimum Gasteiger partial charge on any atom is -0.493 e. The van der Waals surface area contributed by atoms with Crippen LogP contribution in [0.5, 0.6) is 34.5 Å². The van der Waals surface area contributed by atoms with E-state index in [0.717, 1.165) is 12.1 Å². The molecule has 90 heavy (non-hydrogen) atoms. The van der Waals surface area contributed by atoms with Gasteiger partial charge in [0.2, 0.25) is 0 Å². The van der Waals surface area contributed by atoms with Crippen LogP contribution in [-0.2, 0) is 47.7 Å². The highest BCUT2D eigenvalue weighted by atomic mass is 16.6. The Hall–Kier alpha value is -5.37. The van der Waals surface area contributed by atoms with Crippen molar-refractivity contribution in [2.24, 2.45) is 70.5 Å². The maximum atomic E-state index is 12.9. The van der Waals surface area contributed by atoms with Gasteiger partial charge in [0, 0.05) is 111 Å². The summed E-state index contributed by atoms with van der Waals surface area (Å²) in [5, 5.41) is 0. The van der Waals surface area contributed by atoms with Crippen molar-refractivity contribution in [1.82, 2.24) is 14.7 Å². The zero-order valence-electron chi connectivity index (χ0n) is 76.5. The van der Waals surface area contributed by atoms with Crippen LogP contribution in [0.4, 0.5) is 0 Å². The quantitative estimate of drug-likeness (QED) is 0.0666. The molecule has 0 spiro atoms. The lowest BCUT2D eigenvalue weighted by atomic mass is 9.79. The number of hydrogen-bond acceptors (Lipinski definition) is 18. The Kier molecular flexibility index (Phi) is 17.1. The van der Waals surface area contributed by atoms with E-state index >= 15 is 0 Å². The van der Waals surface area contributed by atoms with Crippen molar-refractivity contribution in [2.45, 2.75) is 195 Å². The van der Waals surface area contributed by atoms with E-state index in [0.29, 0.717) is 25.0 Å². The first-order valence-corrected chi connectivity index (χ1v) is 31.5. The molecular weight excluding hydrogens is 1140 g/mol. The van der Waals surface area contributed by atoms with Crippen LogP contribution in [0, 0.1) is 53.3 Å². The zero-order valence-corrected chi connectivity index (χ0v) is 55.5. The SMILES string of the molecule is [2H]C([2H])([2H])Oc1cc2c(cc1OC)C1([2H])CC(OC(=O)[C@@H](N)C(C)C)C(CC(C)C)CN1C([2H])([2H])C2([2H])[2H].[2H]C([2H])([2H])Oc1cc2c(cc1OC)C1([2H])CC(OC(=O)[C@@H](N)C(C)C)C(CC(C)C)CN1C([2H])([2H])C2([2H])[2H].[2H]C12CC(OC(=O)[C@@H](N)C(C)C)C(CC(C)C)CN1C([2H])([2H])C([2H])([2H])c1cc(OC)c(OC)cc12. The molecule has 6 heterocycles. The fourth-order valence-electron chi connectivity index (χ4n) is 12.2. The number of esters is 3. The normalized spacial score (nSPS) is 34.4. The number of benzene rings is 3. The van der Waals surface area contributed by atoms with Gasteiger partial charge in [-0.2, -0.15) is 0 Å². The molecule has 0 aromatic heterocycles. The van der Waals surface area contributed by atoms with Gasteiger partial charge in [0.15, 0.2) is 34.5 Å². The smallest absolute Gasteiger partial charge is 0.323 e. The van der Waals surface area contributed by atoms with E-state index in [1.165, 1.54) is 61.3 Å². The molecule has 6 N–H and O–H groups in total. The van der Waals surface area contributed by atoms with Crippen molar-refractivity contribution in [1.29, 1.82) is 0 Å². The van der Waals surface area contributed by atoms with Crippen LogP contribution >= 0.6 is 0 Å². The molecule has 3 fully saturated rings. The first-order chi connectivity index (χ1) is 50.6. The van der Waals surface area contributed by atoms with Gasteiger partial charge < -0.3 is 59.8 Å². The Morgan fingerprint density at radius 1 is 0.444 bits per heavy atom. The molecular formula is C72H114N6O12. The van der Waals surface area contributed by atoms with Crippen LogP contribution in [0.1, 0.15) is 202 Å². The molecule has 0 amide bonds. The van der Waals surface area contributed by atoms with Gasteiger partial charge >= 0.3 is 17.9 Å². The van der Waals surface area contributed by atoms with Crippen LogP contribution in [0.3, 0.4) is 0 Å². The van der Waals surface area contributed by atoms with Crippen molar-refractivity contribution >= 4 is 17.9 Å². The lowest BCUT2D eigenvalue weighted by molar-refractivity contribution is -0.161. The molecule has 0 saturated carbocycles. The minimum atomic E-state index is -2.87. The summed E-state index contributed by atoms with van der Waals surface area (Å²) < 4.78 is 228. The van der Waals surface area contributed by atoms with Gasteiger partial charge in [0.05, 0.1) is 54.9 Å². The van der Waals surface area contributed by atoms with Gasteiger partial charge in [-0.15, -0.1) is 0 Å². The highest BCUT2D eigenvalue weighted by Gasteiger charge is 2.45. The van der Waals surface area contributed by atoms with E-state index in [9.17, 15) is 18.5 Å². The fraction of sp³-hybridized carbons (Fsp3) is 0.708. The predicted molar refractivity (Wildman–Crippen MR) is 353 cm³/mol. The molecule has 3 aromatic carbocycles. The first kappa shape index (κ1) is 47.5. The summed E-state index contributed by atoms with van der Waals surface area (Å²) in [4.78, 5) is 42.2. The molecule has 6 aliphatic rings. The van der Waals surface area contributed by atoms with Gasteiger partial charge in [0.1, 0.15) is 36.4 Å². The van der Waals surface area contributed by atoms with Crippen LogP contribution in [-0.4, -0.2) is 151 Å². The first-order valence-electron chi connectivity index (χ1n) is 42.0. The third-order valence-corrected chi connectivity index (χ3v) is 17.3. The number of carbonyl (C=O) groups excluding carboxylic acids is 3. The molecule has 9 unspecified atom stereocenters. The van der Waals surface area contributed by atoms with Crippen molar-refractivity contribution in [3.05, 3.63) is 69.8 Å². The Morgan fingerprint density at radius 3 is 0.911 bits per heavy atom. The van der Waals surface area contributed by atoms with Crippen molar-refractivity contribution in [3.63, 3.8) is 0 Å². The van der Waals surface area contributed by atoms with E-state index in [-0.39, 0.29) is 154 Å². The Balaban J connectivity index is 0.000000231. The van der Waals surface area contributed by atoms with Crippen LogP contribution in [0.15, 0.2) is 36.4 Å². The second kappa shape index (κ2) is 32.5. The molecule has 18 heteroatoms. The standard InChI is InChI=1S/3C24H38N2O4/c3*1-14(2)9-17-13-26-8-7-16-10-21(28-5)22(29-6)11-18(16)19(26)12-20(17)30-24(27)23(25)15(3)4/h3*10-11,14-15,17,19-20,23H,7-9,12-13,25H2,1-6H3/t3*17?,19?,20?,23-/m000/s1/i2*5D3,7D2,8D2,19D;7D2,8D2,19D. The summed E-state index contributed by atoms with van der Waals surface area (Å²) in [5.74, 6) is -2.79. The molecule has 12 atom stereocenters. The number of methoxy groups -OCH3 is 6. The maximum Gasteiger partial charge on any atom is 0.323 e. The molecule has 3 saturated heterocycles. The number of fused-ring (bicyclic) bond motifs is 9. The van der Waals surface area contributed by atoms with Gasteiger partial charge in [-0.05, 0) is 144 Å². The minimum absolute atomic E-state index is 0.0256. The van der Waals surface area contributed by atoms with E-state index in [4.69, 9.17) is 84.5 Å². The Morgan fingerprint density at radius 2 is 0.689 bits per heavy atom. The Labute approximate surface area is 569 Å². The number of piperidine rings is 3. The molecule has 9 rings (SSSR count). The third-order valence-electron chi connectivity index (χ3n) is 17.3. The molecule has 3 aromatic rings. The molecule has 18 nitrogen and oxygen atoms in total. The van der Waals surface area contributed by atoms with E-state index in [2.05, 4.69) is 0 Å². The lowest BCUT2D eigenvalue weighted by Gasteiger charge is -2.47. The number of nitrogens with zero attached hydrogens (tertiary/aromatic N) is 3. The average molecular weight is 1280 g/mol. The van der Waals surface area contributed by atoms with Gasteiger partial charge in [-0.3, -0.25) is 29.1 Å². The number of aryl methyl sites for hydroxylation is 3. The third kappa shape index (κ3) is 17.5. The summed E-state index contributed by atoms with van der Waals surface area (Å²) in [6, 6.07) is -0.171. The van der Waals surface area contributed by atoms with Gasteiger partial charge in [-0.25, -0.2) is 0 Å². The van der Waals surface area contributed by atoms with Gasteiger partial charge in [-0.1, -0.05) is 83.1 Å². The van der Waals surface area contributed by atoms with E-state index in [1.54, 1.807) is 33.8 Å². The zero-order chi connectivity index (χ0) is 84.5. The highest BCUT2D eigenvalue weighted by Crippen LogP contribution is 2.48. The highest BCUT2D eigenvalue weighted by molar-refractivity contribution is 5.77. The number of rotatable bonds is 21. The summed E-state index contributed by atoms with van der Waals surface area (Å²) >= 11 is 0. The largest absolute Gasteiger partial charge is 0.493 e. The second-order valence-corrected chi connectivity index (χ2v) is 26.5. The lowest BCUT2D eigenvalue weighted by Crippen LogP contribution is -2.51. The molecule has 0 radical (unpaired) electrons. The maximum absolute atomic E-state index is 12.9. The van der Waals surface area contributed by atoms with E-state index < -0.39 is 125 Å². The topological polar surface area (TPSA) is 222 Å². The van der Waals surface area contributed by atoms with Crippen LogP contribution in [0.2, 0.25) is 0 Å². The Bertz CT molecular complexity index is 3650. The number of ether oxygens (including phenoxy) is 9. The monoisotopic (exact) mass is 1280 g/mol.